The molecule has 0 radical (unpaired) electrons. The Morgan fingerprint density at radius 2 is 1.89 bits per heavy atom. The lowest BCUT2D eigenvalue weighted by Crippen LogP contribution is -2.39. The number of esters is 1. The monoisotopic (exact) mass is 247 g/mol. The molecule has 0 atom stereocenters. The van der Waals surface area contributed by atoms with Gasteiger partial charge in [0.15, 0.2) is 0 Å². The summed E-state index contributed by atoms with van der Waals surface area (Å²) >= 11 is 0. The molecule has 1 heterocycles. The van der Waals surface area contributed by atoms with Gasteiger partial charge in [0.25, 0.3) is 0 Å². The van der Waals surface area contributed by atoms with E-state index in [4.69, 9.17) is 4.74 Å². The molecule has 2 rings (SSSR count). The lowest BCUT2D eigenvalue weighted by atomic mass is 10.2. The SMILES string of the molecule is CC(C)(C)OC(=O)C(=O)N1CCc2ccccc21. The van der Waals surface area contributed by atoms with E-state index in [1.165, 1.54) is 4.90 Å². The van der Waals surface area contributed by atoms with E-state index in [2.05, 4.69) is 0 Å². The Morgan fingerprint density at radius 3 is 2.56 bits per heavy atom. The van der Waals surface area contributed by atoms with Gasteiger partial charge in [-0.15, -0.1) is 0 Å². The van der Waals surface area contributed by atoms with Crippen LogP contribution >= 0.6 is 0 Å². The van der Waals surface area contributed by atoms with Crippen LogP contribution in [0.15, 0.2) is 24.3 Å². The van der Waals surface area contributed by atoms with Gasteiger partial charge in [0.1, 0.15) is 5.60 Å². The first-order chi connectivity index (χ1) is 8.38. The number of benzene rings is 1. The van der Waals surface area contributed by atoms with Crippen LogP contribution in [0.5, 0.6) is 0 Å². The van der Waals surface area contributed by atoms with E-state index >= 15 is 0 Å². The predicted octanol–water partition coefficient (Wildman–Crippen LogP) is 1.92. The number of carbonyl (C=O) groups excluding carboxylic acids is 2. The number of para-hydroxylation sites is 1. The van der Waals surface area contributed by atoms with Crippen molar-refractivity contribution in [1.82, 2.24) is 0 Å². The molecule has 0 N–H and O–H groups in total. The number of hydrogen-bond donors (Lipinski definition) is 0. The van der Waals surface area contributed by atoms with Crippen LogP contribution in [-0.4, -0.2) is 24.0 Å². The van der Waals surface area contributed by atoms with Gasteiger partial charge in [-0.05, 0) is 38.8 Å². The van der Waals surface area contributed by atoms with Gasteiger partial charge in [-0.2, -0.15) is 0 Å². The van der Waals surface area contributed by atoms with E-state index in [0.717, 1.165) is 17.7 Å². The lowest BCUT2D eigenvalue weighted by Gasteiger charge is -2.22. The maximum Gasteiger partial charge on any atom is 0.397 e. The highest BCUT2D eigenvalue weighted by Gasteiger charge is 2.32. The fraction of sp³-hybridized carbons (Fsp3) is 0.429. The summed E-state index contributed by atoms with van der Waals surface area (Å²) in [5.41, 5.74) is 1.26. The minimum atomic E-state index is -0.792. The van der Waals surface area contributed by atoms with E-state index < -0.39 is 17.5 Å². The number of rotatable bonds is 0. The second kappa shape index (κ2) is 4.44. The summed E-state index contributed by atoms with van der Waals surface area (Å²) < 4.78 is 5.10. The molecule has 4 nitrogen and oxygen atoms in total. The Kier molecular flexibility index (Phi) is 3.11. The average molecular weight is 247 g/mol. The van der Waals surface area contributed by atoms with Crippen molar-refractivity contribution in [3.63, 3.8) is 0 Å². The second-order valence-corrected chi connectivity index (χ2v) is 5.34. The molecule has 1 aromatic rings. The third-order valence-corrected chi connectivity index (χ3v) is 2.71. The summed E-state index contributed by atoms with van der Waals surface area (Å²) in [6, 6.07) is 7.61. The zero-order valence-corrected chi connectivity index (χ0v) is 10.9. The zero-order chi connectivity index (χ0) is 13.3. The van der Waals surface area contributed by atoms with Gasteiger partial charge in [0, 0.05) is 12.2 Å². The summed E-state index contributed by atoms with van der Waals surface area (Å²) in [5, 5.41) is 0. The molecule has 0 spiro atoms. The number of anilines is 1. The van der Waals surface area contributed by atoms with Crippen LogP contribution in [0.2, 0.25) is 0 Å². The third kappa shape index (κ3) is 2.53. The largest absolute Gasteiger partial charge is 0.453 e. The highest BCUT2D eigenvalue weighted by Crippen LogP contribution is 2.27. The average Bonchev–Trinajstić information content (AvgIpc) is 2.69. The highest BCUT2D eigenvalue weighted by molar-refractivity contribution is 6.38. The van der Waals surface area contributed by atoms with Crippen LogP contribution < -0.4 is 4.90 Å². The Hall–Kier alpha value is -1.84. The number of nitrogens with zero attached hydrogens (tertiary/aromatic N) is 1. The van der Waals surface area contributed by atoms with Crippen LogP contribution in [0.1, 0.15) is 26.3 Å². The second-order valence-electron chi connectivity index (χ2n) is 5.34. The first-order valence-electron chi connectivity index (χ1n) is 6.01. The van der Waals surface area contributed by atoms with Crippen LogP contribution in [0, 0.1) is 0 Å². The van der Waals surface area contributed by atoms with E-state index in [1.807, 2.05) is 24.3 Å². The molecule has 4 heteroatoms. The van der Waals surface area contributed by atoms with Gasteiger partial charge < -0.3 is 9.64 Å². The first kappa shape index (κ1) is 12.6. The van der Waals surface area contributed by atoms with Crippen molar-refractivity contribution in [2.24, 2.45) is 0 Å². The van der Waals surface area contributed by atoms with Crippen molar-refractivity contribution >= 4 is 17.6 Å². The van der Waals surface area contributed by atoms with Crippen molar-refractivity contribution in [3.8, 4) is 0 Å². The maximum atomic E-state index is 12.0. The van der Waals surface area contributed by atoms with Gasteiger partial charge in [-0.1, -0.05) is 18.2 Å². The minimum absolute atomic E-state index is 0.539. The van der Waals surface area contributed by atoms with Crippen molar-refractivity contribution in [2.45, 2.75) is 32.8 Å². The molecular weight excluding hydrogens is 230 g/mol. The fourth-order valence-electron chi connectivity index (χ4n) is 1.98. The highest BCUT2D eigenvalue weighted by atomic mass is 16.6. The predicted molar refractivity (Wildman–Crippen MR) is 68.3 cm³/mol. The molecule has 96 valence electrons. The van der Waals surface area contributed by atoms with E-state index in [9.17, 15) is 9.59 Å². The van der Waals surface area contributed by atoms with Crippen molar-refractivity contribution in [1.29, 1.82) is 0 Å². The van der Waals surface area contributed by atoms with E-state index in [-0.39, 0.29) is 0 Å². The van der Waals surface area contributed by atoms with E-state index in [1.54, 1.807) is 20.8 Å². The molecule has 0 saturated carbocycles. The Balaban J connectivity index is 2.15. The van der Waals surface area contributed by atoms with Gasteiger partial charge in [0.05, 0.1) is 0 Å². The fourth-order valence-corrected chi connectivity index (χ4v) is 1.98. The van der Waals surface area contributed by atoms with Gasteiger partial charge in [-0.3, -0.25) is 4.79 Å². The maximum absolute atomic E-state index is 12.0. The summed E-state index contributed by atoms with van der Waals surface area (Å²) in [7, 11) is 0. The van der Waals surface area contributed by atoms with Crippen molar-refractivity contribution in [2.75, 3.05) is 11.4 Å². The number of ether oxygens (including phenoxy) is 1. The first-order valence-corrected chi connectivity index (χ1v) is 6.01. The van der Waals surface area contributed by atoms with Crippen molar-refractivity contribution in [3.05, 3.63) is 29.8 Å². The molecule has 1 aliphatic rings. The molecular formula is C14H17NO3. The number of fused-ring (bicyclic) bond motifs is 1. The van der Waals surface area contributed by atoms with Crippen LogP contribution in [0.4, 0.5) is 5.69 Å². The molecule has 0 aliphatic carbocycles. The number of hydrogen-bond acceptors (Lipinski definition) is 3. The van der Waals surface area contributed by atoms with E-state index in [0.29, 0.717) is 6.54 Å². The molecule has 0 fully saturated rings. The molecule has 0 unspecified atom stereocenters. The van der Waals surface area contributed by atoms with Crippen LogP contribution in [0.25, 0.3) is 0 Å². The normalized spacial score (nSPS) is 14.3. The summed E-state index contributed by atoms with van der Waals surface area (Å²) in [6.07, 6.45) is 0.782. The summed E-state index contributed by atoms with van der Waals surface area (Å²) in [5.74, 6) is -1.38. The quantitative estimate of drug-likeness (QED) is 0.520. The standard InChI is InChI=1S/C14H17NO3/c1-14(2,3)18-13(17)12(16)15-9-8-10-6-4-5-7-11(10)15/h4-7H,8-9H2,1-3H3. The molecule has 0 saturated heterocycles. The van der Waals surface area contributed by atoms with Gasteiger partial charge in [0.2, 0.25) is 0 Å². The number of amides is 1. The summed E-state index contributed by atoms with van der Waals surface area (Å²) in [6.45, 7) is 5.78. The molecule has 1 amide bonds. The van der Waals surface area contributed by atoms with Crippen molar-refractivity contribution < 1.29 is 14.3 Å². The Labute approximate surface area is 107 Å². The summed E-state index contributed by atoms with van der Waals surface area (Å²) in [4.78, 5) is 25.3. The molecule has 18 heavy (non-hydrogen) atoms. The van der Waals surface area contributed by atoms with Gasteiger partial charge >= 0.3 is 11.9 Å². The Bertz CT molecular complexity index is 488. The zero-order valence-electron chi connectivity index (χ0n) is 10.9. The Morgan fingerprint density at radius 1 is 1.22 bits per heavy atom. The number of carbonyl (C=O) groups is 2. The minimum Gasteiger partial charge on any atom is -0.453 e. The molecule has 0 aromatic heterocycles. The molecule has 1 aliphatic heterocycles. The lowest BCUT2D eigenvalue weighted by molar-refractivity contribution is -0.162. The molecule has 0 bridgehead atoms. The van der Waals surface area contributed by atoms with Gasteiger partial charge in [-0.25, -0.2) is 4.79 Å². The third-order valence-electron chi connectivity index (χ3n) is 2.71. The van der Waals surface area contributed by atoms with Crippen LogP contribution in [0.3, 0.4) is 0 Å². The van der Waals surface area contributed by atoms with Crippen LogP contribution in [-0.2, 0) is 20.7 Å². The smallest absolute Gasteiger partial charge is 0.397 e. The molecule has 1 aromatic carbocycles. The topological polar surface area (TPSA) is 46.6 Å².